The maximum atomic E-state index is 13.4. The highest BCUT2D eigenvalue weighted by Gasteiger charge is 2.31. The Morgan fingerprint density at radius 2 is 1.46 bits per heavy atom. The molecule has 1 fully saturated rings. The number of piperazine rings is 1. The van der Waals surface area contributed by atoms with Gasteiger partial charge in [0.1, 0.15) is 18.3 Å². The Morgan fingerprint density at radius 3 is 2.11 bits per heavy atom. The number of nitrogens with zero attached hydrogens (tertiary/aromatic N) is 2. The summed E-state index contributed by atoms with van der Waals surface area (Å²) in [6, 6.07) is 26.4. The van der Waals surface area contributed by atoms with E-state index < -0.39 is 0 Å². The Labute approximate surface area is 170 Å². The van der Waals surface area contributed by atoms with Crippen LogP contribution in [0.2, 0.25) is 0 Å². The number of aromatic amines is 1. The molecule has 2 aromatic carbocycles. The topological polar surface area (TPSA) is 37.7 Å². The van der Waals surface area contributed by atoms with E-state index in [4.69, 9.17) is 0 Å². The average Bonchev–Trinajstić information content (AvgIpc) is 2.79. The molecule has 0 unspecified atom stereocenters. The van der Waals surface area contributed by atoms with E-state index in [1.807, 2.05) is 71.8 Å². The van der Waals surface area contributed by atoms with E-state index in [2.05, 4.69) is 28.1 Å². The van der Waals surface area contributed by atoms with E-state index in [1.54, 1.807) is 11.8 Å². The number of carbonyl (C=O) groups excluding carboxylic acids is 1. The molecular weight excluding hydrogens is 366 g/mol. The number of aromatic nitrogens is 1. The molecule has 1 amide bonds. The van der Waals surface area contributed by atoms with Crippen molar-refractivity contribution >= 4 is 23.5 Å². The Bertz CT molecular complexity index is 881. The van der Waals surface area contributed by atoms with Gasteiger partial charge in [-0.1, -0.05) is 54.6 Å². The second-order valence-corrected chi connectivity index (χ2v) is 7.96. The quantitative estimate of drug-likeness (QED) is 0.624. The number of H-pyrrole nitrogens is 1. The van der Waals surface area contributed by atoms with Gasteiger partial charge in [0.05, 0.1) is 19.3 Å². The van der Waals surface area contributed by atoms with Gasteiger partial charge in [-0.3, -0.25) is 9.69 Å². The Kier molecular flexibility index (Phi) is 5.92. The third kappa shape index (κ3) is 4.37. The van der Waals surface area contributed by atoms with Gasteiger partial charge in [0.25, 0.3) is 5.82 Å². The molecule has 1 atom stereocenters. The molecule has 1 N–H and O–H groups in total. The Balaban J connectivity index is 1.48. The van der Waals surface area contributed by atoms with Gasteiger partial charge in [-0.25, -0.2) is 4.98 Å². The Morgan fingerprint density at radius 1 is 0.821 bits per heavy atom. The summed E-state index contributed by atoms with van der Waals surface area (Å²) in [4.78, 5) is 22.1. The number of thioether (sulfide) groups is 1. The summed E-state index contributed by atoms with van der Waals surface area (Å²) in [7, 11) is 0. The van der Waals surface area contributed by atoms with Gasteiger partial charge >= 0.3 is 0 Å². The monoisotopic (exact) mass is 390 g/mol. The van der Waals surface area contributed by atoms with Gasteiger partial charge in [-0.15, -0.1) is 11.8 Å². The first-order chi connectivity index (χ1) is 13.8. The molecule has 3 aromatic rings. The molecule has 142 valence electrons. The molecule has 0 aliphatic carbocycles. The molecule has 1 aromatic heterocycles. The minimum Gasteiger partial charge on any atom is -0.334 e. The minimum atomic E-state index is -0.224. The Hall–Kier alpha value is -2.79. The zero-order valence-electron chi connectivity index (χ0n) is 15.7. The first-order valence-electron chi connectivity index (χ1n) is 9.58. The zero-order valence-corrected chi connectivity index (χ0v) is 16.5. The summed E-state index contributed by atoms with van der Waals surface area (Å²) < 4.78 is 0. The molecule has 0 radical (unpaired) electrons. The van der Waals surface area contributed by atoms with Gasteiger partial charge in [0, 0.05) is 11.0 Å². The third-order valence-corrected chi connectivity index (χ3v) is 6.20. The van der Waals surface area contributed by atoms with Crippen molar-refractivity contribution in [1.82, 2.24) is 4.90 Å². The van der Waals surface area contributed by atoms with Crippen molar-refractivity contribution in [3.8, 4) is 0 Å². The predicted octanol–water partition coefficient (Wildman–Crippen LogP) is 3.68. The third-order valence-electron chi connectivity index (χ3n) is 4.95. The lowest BCUT2D eigenvalue weighted by Gasteiger charge is -2.33. The van der Waals surface area contributed by atoms with E-state index in [1.165, 1.54) is 0 Å². The van der Waals surface area contributed by atoms with Crippen LogP contribution in [0.3, 0.4) is 0 Å². The summed E-state index contributed by atoms with van der Waals surface area (Å²) in [6.07, 6.45) is 1.94. The summed E-state index contributed by atoms with van der Waals surface area (Å²) in [6.45, 7) is 3.15. The molecule has 28 heavy (non-hydrogen) atoms. The van der Waals surface area contributed by atoms with Crippen molar-refractivity contribution in [2.45, 2.75) is 10.1 Å². The van der Waals surface area contributed by atoms with Crippen molar-refractivity contribution in [1.29, 1.82) is 0 Å². The van der Waals surface area contributed by atoms with E-state index >= 15 is 0 Å². The first kappa shape index (κ1) is 18.6. The summed E-state index contributed by atoms with van der Waals surface area (Å²) in [5.74, 6) is 1.30. The summed E-state index contributed by atoms with van der Waals surface area (Å²) in [5, 5.41) is -0.224. The fourth-order valence-electron chi connectivity index (χ4n) is 3.44. The van der Waals surface area contributed by atoms with Gasteiger partial charge in [0.15, 0.2) is 0 Å². The SMILES string of the molecule is O=C([C@H](Sc1ccccc1)c1ccccc1)N1CCN(c2cccc[nH+]2)CC1. The second kappa shape index (κ2) is 8.93. The number of hydrogen-bond donors (Lipinski definition) is 0. The molecular formula is C23H24N3OS+. The maximum absolute atomic E-state index is 13.4. The van der Waals surface area contributed by atoms with Crippen LogP contribution in [0.15, 0.2) is 90.0 Å². The number of hydrogen-bond acceptors (Lipinski definition) is 3. The fourth-order valence-corrected chi connectivity index (χ4v) is 4.57. The molecule has 2 heterocycles. The van der Waals surface area contributed by atoms with Crippen molar-refractivity contribution < 1.29 is 9.78 Å². The maximum Gasteiger partial charge on any atom is 0.274 e. The molecule has 0 bridgehead atoms. The van der Waals surface area contributed by atoms with Gasteiger partial charge in [-0.05, 0) is 23.8 Å². The van der Waals surface area contributed by atoms with Crippen LogP contribution in [0.25, 0.3) is 0 Å². The van der Waals surface area contributed by atoms with Crippen LogP contribution in [0.5, 0.6) is 0 Å². The van der Waals surface area contributed by atoms with Crippen molar-refractivity contribution in [3.63, 3.8) is 0 Å². The molecule has 1 aliphatic rings. The zero-order chi connectivity index (χ0) is 19.2. The smallest absolute Gasteiger partial charge is 0.274 e. The minimum absolute atomic E-state index is 0.191. The van der Waals surface area contributed by atoms with Gasteiger partial charge < -0.3 is 4.90 Å². The molecule has 1 aliphatic heterocycles. The predicted molar refractivity (Wildman–Crippen MR) is 113 cm³/mol. The molecule has 0 saturated carbocycles. The molecule has 1 saturated heterocycles. The summed E-state index contributed by atoms with van der Waals surface area (Å²) in [5.41, 5.74) is 1.06. The van der Waals surface area contributed by atoms with Crippen LogP contribution in [0.1, 0.15) is 10.8 Å². The van der Waals surface area contributed by atoms with E-state index in [0.29, 0.717) is 0 Å². The number of benzene rings is 2. The molecule has 4 nitrogen and oxygen atoms in total. The fraction of sp³-hybridized carbons (Fsp3) is 0.217. The number of anilines is 1. The highest BCUT2D eigenvalue weighted by Crippen LogP contribution is 2.36. The van der Waals surface area contributed by atoms with E-state index in [0.717, 1.165) is 42.5 Å². The van der Waals surface area contributed by atoms with Gasteiger partial charge in [0.2, 0.25) is 5.91 Å². The largest absolute Gasteiger partial charge is 0.334 e. The normalized spacial score (nSPS) is 15.3. The molecule has 4 rings (SSSR count). The lowest BCUT2D eigenvalue weighted by molar-refractivity contribution is -0.364. The average molecular weight is 391 g/mol. The number of amides is 1. The lowest BCUT2D eigenvalue weighted by Crippen LogP contribution is -2.50. The van der Waals surface area contributed by atoms with Crippen LogP contribution in [-0.4, -0.2) is 37.0 Å². The first-order valence-corrected chi connectivity index (χ1v) is 10.5. The van der Waals surface area contributed by atoms with Crippen LogP contribution in [0.4, 0.5) is 5.82 Å². The van der Waals surface area contributed by atoms with Gasteiger partial charge in [-0.2, -0.15) is 0 Å². The van der Waals surface area contributed by atoms with Crippen LogP contribution in [-0.2, 0) is 4.79 Å². The highest BCUT2D eigenvalue weighted by molar-refractivity contribution is 8.00. The molecule has 0 spiro atoms. The number of pyridine rings is 1. The lowest BCUT2D eigenvalue weighted by atomic mass is 10.1. The van der Waals surface area contributed by atoms with E-state index in [9.17, 15) is 4.79 Å². The second-order valence-electron chi connectivity index (χ2n) is 6.78. The van der Waals surface area contributed by atoms with Crippen LogP contribution < -0.4 is 9.88 Å². The molecule has 5 heteroatoms. The standard InChI is InChI=1S/C23H23N3OS/c27-23(26-17-15-25(16-18-26)21-13-7-8-14-24-21)22(19-9-3-1-4-10-19)28-20-11-5-2-6-12-20/h1-14,22H,15-18H2/p+1/t22-/m1/s1. The van der Waals surface area contributed by atoms with E-state index in [-0.39, 0.29) is 11.2 Å². The number of rotatable bonds is 5. The van der Waals surface area contributed by atoms with Crippen molar-refractivity contribution in [3.05, 3.63) is 90.6 Å². The van der Waals surface area contributed by atoms with Crippen molar-refractivity contribution in [2.24, 2.45) is 0 Å². The highest BCUT2D eigenvalue weighted by atomic mass is 32.2. The summed E-state index contributed by atoms with van der Waals surface area (Å²) >= 11 is 1.63. The van der Waals surface area contributed by atoms with Crippen LogP contribution >= 0.6 is 11.8 Å². The van der Waals surface area contributed by atoms with Crippen molar-refractivity contribution in [2.75, 3.05) is 31.1 Å². The van der Waals surface area contributed by atoms with Crippen LogP contribution in [0, 0.1) is 0 Å². The number of nitrogens with one attached hydrogen (secondary N) is 1. The number of carbonyl (C=O) groups is 1.